The first-order valence-corrected chi connectivity index (χ1v) is 8.35. The van der Waals surface area contributed by atoms with Crippen LogP contribution in [0.4, 0.5) is 11.4 Å². The molecule has 0 aromatic heterocycles. The van der Waals surface area contributed by atoms with E-state index >= 15 is 0 Å². The van der Waals surface area contributed by atoms with Crippen LogP contribution in [0.5, 0.6) is 11.5 Å². The molecule has 9 heteroatoms. The van der Waals surface area contributed by atoms with E-state index in [2.05, 4.69) is 0 Å². The quantitative estimate of drug-likeness (QED) is 0.325. The summed E-state index contributed by atoms with van der Waals surface area (Å²) in [6.07, 6.45) is 0. The Morgan fingerprint density at radius 3 is 1.97 bits per heavy atom. The summed E-state index contributed by atoms with van der Waals surface area (Å²) in [4.78, 5) is 32.6. The van der Waals surface area contributed by atoms with Crippen molar-refractivity contribution in [2.75, 3.05) is 0 Å². The van der Waals surface area contributed by atoms with Crippen LogP contribution >= 0.6 is 0 Å². The van der Waals surface area contributed by atoms with Gasteiger partial charge in [-0.3, -0.25) is 20.2 Å². The van der Waals surface area contributed by atoms with E-state index in [9.17, 15) is 25.0 Å². The number of nitro benzene ring substituents is 2. The van der Waals surface area contributed by atoms with Crippen molar-refractivity contribution < 1.29 is 24.1 Å². The lowest BCUT2D eigenvalue weighted by molar-refractivity contribution is -0.385. The van der Waals surface area contributed by atoms with Crippen LogP contribution in [-0.2, 0) is 11.3 Å². The lowest BCUT2D eigenvalue weighted by Gasteiger charge is -2.08. The number of hydrogen-bond acceptors (Lipinski definition) is 7. The first-order chi connectivity index (χ1) is 13.9. The monoisotopic (exact) mass is 394 g/mol. The van der Waals surface area contributed by atoms with Gasteiger partial charge in [0.15, 0.2) is 0 Å². The van der Waals surface area contributed by atoms with Crippen molar-refractivity contribution in [3.63, 3.8) is 0 Å². The average molecular weight is 394 g/mol. The van der Waals surface area contributed by atoms with E-state index in [-0.39, 0.29) is 23.5 Å². The van der Waals surface area contributed by atoms with Crippen molar-refractivity contribution in [1.82, 2.24) is 0 Å². The van der Waals surface area contributed by atoms with Crippen LogP contribution in [-0.4, -0.2) is 15.8 Å². The van der Waals surface area contributed by atoms with Crippen molar-refractivity contribution in [2.45, 2.75) is 6.61 Å². The van der Waals surface area contributed by atoms with Crippen molar-refractivity contribution in [2.24, 2.45) is 0 Å². The molecule has 0 N–H and O–H groups in total. The number of nitrogens with zero attached hydrogens (tertiary/aromatic N) is 2. The van der Waals surface area contributed by atoms with Gasteiger partial charge in [0.1, 0.15) is 18.1 Å². The number of carbonyl (C=O) groups is 1. The van der Waals surface area contributed by atoms with Crippen LogP contribution in [0.3, 0.4) is 0 Å². The van der Waals surface area contributed by atoms with E-state index in [1.165, 1.54) is 54.6 Å². The van der Waals surface area contributed by atoms with Gasteiger partial charge in [-0.1, -0.05) is 6.07 Å². The highest BCUT2D eigenvalue weighted by Crippen LogP contribution is 2.25. The molecule has 3 aromatic rings. The van der Waals surface area contributed by atoms with Gasteiger partial charge in [0.2, 0.25) is 0 Å². The number of esters is 1. The number of nitro groups is 2. The van der Waals surface area contributed by atoms with Crippen molar-refractivity contribution in [3.05, 3.63) is 104 Å². The minimum Gasteiger partial charge on any atom is -0.457 e. The average Bonchev–Trinajstić information content (AvgIpc) is 2.73. The SMILES string of the molecule is O=C(OCc1ccc([N+](=O)[O-])cc1)c1cccc(Oc2ccc([N+](=O)[O-])cc2)c1. The number of hydrogen-bond donors (Lipinski definition) is 0. The van der Waals surface area contributed by atoms with Crippen LogP contribution in [0, 0.1) is 20.2 Å². The molecule has 0 aliphatic heterocycles. The molecule has 9 nitrogen and oxygen atoms in total. The maximum absolute atomic E-state index is 12.3. The molecule has 0 aliphatic rings. The second kappa shape index (κ2) is 8.61. The van der Waals surface area contributed by atoms with E-state index in [4.69, 9.17) is 9.47 Å². The van der Waals surface area contributed by atoms with Gasteiger partial charge in [-0.05, 0) is 48.0 Å². The zero-order valence-corrected chi connectivity index (χ0v) is 14.9. The summed E-state index contributed by atoms with van der Waals surface area (Å²) in [6.45, 7) is -0.0374. The Kier molecular flexibility index (Phi) is 5.79. The summed E-state index contributed by atoms with van der Waals surface area (Å²) in [7, 11) is 0. The topological polar surface area (TPSA) is 122 Å². The Labute approximate surface area is 164 Å². The second-order valence-electron chi connectivity index (χ2n) is 5.88. The van der Waals surface area contributed by atoms with Crippen molar-refractivity contribution >= 4 is 17.3 Å². The van der Waals surface area contributed by atoms with Crippen LogP contribution in [0.2, 0.25) is 0 Å². The third-order valence-corrected chi connectivity index (χ3v) is 3.87. The molecule has 0 radical (unpaired) electrons. The van der Waals surface area contributed by atoms with Crippen LogP contribution in [0.15, 0.2) is 72.8 Å². The fourth-order valence-electron chi connectivity index (χ4n) is 2.40. The molecule has 0 fully saturated rings. The molecule has 0 saturated carbocycles. The Balaban J connectivity index is 1.62. The van der Waals surface area contributed by atoms with Crippen LogP contribution in [0.25, 0.3) is 0 Å². The Bertz CT molecular complexity index is 1050. The maximum atomic E-state index is 12.3. The first kappa shape index (κ1) is 19.5. The van der Waals surface area contributed by atoms with Crippen molar-refractivity contribution in [3.8, 4) is 11.5 Å². The van der Waals surface area contributed by atoms with E-state index < -0.39 is 15.8 Å². The predicted molar refractivity (Wildman–Crippen MR) is 102 cm³/mol. The summed E-state index contributed by atoms with van der Waals surface area (Å²) in [6, 6.07) is 17.5. The molecule has 0 aliphatic carbocycles. The highest BCUT2D eigenvalue weighted by Gasteiger charge is 2.11. The summed E-state index contributed by atoms with van der Waals surface area (Å²) in [5.41, 5.74) is 0.769. The number of benzene rings is 3. The maximum Gasteiger partial charge on any atom is 0.338 e. The van der Waals surface area contributed by atoms with Gasteiger partial charge in [-0.15, -0.1) is 0 Å². The molecule has 0 spiro atoms. The van der Waals surface area contributed by atoms with Crippen LogP contribution in [0.1, 0.15) is 15.9 Å². The van der Waals surface area contributed by atoms with Gasteiger partial charge >= 0.3 is 5.97 Å². The normalized spacial score (nSPS) is 10.2. The van der Waals surface area contributed by atoms with Gasteiger partial charge in [-0.25, -0.2) is 4.79 Å². The Morgan fingerprint density at radius 2 is 1.38 bits per heavy atom. The van der Waals surface area contributed by atoms with E-state index in [0.29, 0.717) is 17.1 Å². The standard InChI is InChI=1S/C20H14N2O7/c23-20(28-13-14-4-6-16(7-5-14)21(24)25)15-2-1-3-19(12-15)29-18-10-8-17(9-11-18)22(26)27/h1-12H,13H2. The molecule has 0 heterocycles. The zero-order chi connectivity index (χ0) is 20.8. The van der Waals surface area contributed by atoms with E-state index in [0.717, 1.165) is 0 Å². The molecule has 0 amide bonds. The number of rotatable bonds is 7. The Morgan fingerprint density at radius 1 is 0.793 bits per heavy atom. The van der Waals surface area contributed by atoms with Crippen LogP contribution < -0.4 is 4.74 Å². The Hall–Kier alpha value is -4.27. The van der Waals surface area contributed by atoms with Gasteiger partial charge in [0.25, 0.3) is 11.4 Å². The van der Waals surface area contributed by atoms with Gasteiger partial charge in [0, 0.05) is 24.3 Å². The number of ether oxygens (including phenoxy) is 2. The lowest BCUT2D eigenvalue weighted by Crippen LogP contribution is -2.05. The molecular formula is C20H14N2O7. The third kappa shape index (κ3) is 5.13. The zero-order valence-electron chi connectivity index (χ0n) is 14.9. The summed E-state index contributed by atoms with van der Waals surface area (Å²) in [5.74, 6) is 0.160. The first-order valence-electron chi connectivity index (χ1n) is 8.35. The molecule has 0 bridgehead atoms. The molecule has 146 valence electrons. The fraction of sp³-hybridized carbons (Fsp3) is 0.0500. The summed E-state index contributed by atoms with van der Waals surface area (Å²) < 4.78 is 10.8. The lowest BCUT2D eigenvalue weighted by atomic mass is 10.2. The molecule has 3 rings (SSSR count). The molecule has 0 unspecified atom stereocenters. The van der Waals surface area contributed by atoms with Gasteiger partial charge in [-0.2, -0.15) is 0 Å². The molecule has 3 aromatic carbocycles. The molecule has 29 heavy (non-hydrogen) atoms. The summed E-state index contributed by atoms with van der Waals surface area (Å²) in [5, 5.41) is 21.3. The predicted octanol–water partition coefficient (Wildman–Crippen LogP) is 4.65. The largest absolute Gasteiger partial charge is 0.457 e. The summed E-state index contributed by atoms with van der Waals surface area (Å²) >= 11 is 0. The van der Waals surface area contributed by atoms with Crippen molar-refractivity contribution in [1.29, 1.82) is 0 Å². The highest BCUT2D eigenvalue weighted by atomic mass is 16.6. The number of non-ortho nitro benzene ring substituents is 2. The minimum atomic E-state index is -0.586. The molecule has 0 saturated heterocycles. The minimum absolute atomic E-state index is 0.0374. The molecule has 0 atom stereocenters. The van der Waals surface area contributed by atoms with Gasteiger partial charge in [0.05, 0.1) is 15.4 Å². The fourth-order valence-corrected chi connectivity index (χ4v) is 2.40. The smallest absolute Gasteiger partial charge is 0.338 e. The number of carbonyl (C=O) groups excluding carboxylic acids is 1. The van der Waals surface area contributed by atoms with Gasteiger partial charge < -0.3 is 9.47 Å². The second-order valence-corrected chi connectivity index (χ2v) is 5.88. The van der Waals surface area contributed by atoms with E-state index in [1.807, 2.05) is 0 Å². The highest BCUT2D eigenvalue weighted by molar-refractivity contribution is 5.89. The van der Waals surface area contributed by atoms with E-state index in [1.54, 1.807) is 18.2 Å². The molecular weight excluding hydrogens is 380 g/mol. The third-order valence-electron chi connectivity index (χ3n) is 3.87.